The second-order valence-electron chi connectivity index (χ2n) is 4.07. The molecule has 0 aromatic heterocycles. The van der Waals surface area contributed by atoms with E-state index in [9.17, 15) is 0 Å². The van der Waals surface area contributed by atoms with Gasteiger partial charge in [0.25, 0.3) is 0 Å². The van der Waals surface area contributed by atoms with E-state index in [1.165, 1.54) is 32.4 Å². The summed E-state index contributed by atoms with van der Waals surface area (Å²) in [5.41, 5.74) is 0. The molecule has 3 rings (SSSR count). The van der Waals surface area contributed by atoms with Crippen molar-refractivity contribution < 1.29 is 0 Å². The van der Waals surface area contributed by atoms with E-state index in [-0.39, 0.29) is 0 Å². The van der Waals surface area contributed by atoms with Crippen molar-refractivity contribution in [2.45, 2.75) is 26.2 Å². The van der Waals surface area contributed by atoms with Crippen LogP contribution in [0.25, 0.3) is 0 Å². The Kier molecular flexibility index (Phi) is 1.69. The minimum absolute atomic E-state index is 0.941. The molecule has 1 N–H and O–H groups in total. The third kappa shape index (κ3) is 1.07. The van der Waals surface area contributed by atoms with Crippen LogP contribution in [0.2, 0.25) is 0 Å². The molecule has 2 bridgehead atoms. The molecule has 10 heavy (non-hydrogen) atoms. The first-order valence-electron chi connectivity index (χ1n) is 4.57. The standard InChI is InChI=1S/C9H17N/c1-7-6-10-3-2-8-4-9(7)5-8/h7-10H,2-6H2,1H3/t7-,8?,9?/m0/s1. The molecule has 1 nitrogen and oxygen atoms in total. The molecule has 0 amide bonds. The molecule has 0 unspecified atom stereocenters. The zero-order valence-corrected chi connectivity index (χ0v) is 6.77. The van der Waals surface area contributed by atoms with E-state index in [1.54, 1.807) is 0 Å². The highest BCUT2D eigenvalue weighted by atomic mass is 14.9. The van der Waals surface area contributed by atoms with Gasteiger partial charge >= 0.3 is 0 Å². The third-order valence-electron chi connectivity index (χ3n) is 3.27. The van der Waals surface area contributed by atoms with Crippen molar-refractivity contribution in [2.75, 3.05) is 13.1 Å². The first-order chi connectivity index (χ1) is 4.86. The van der Waals surface area contributed by atoms with Gasteiger partial charge in [-0.3, -0.25) is 0 Å². The van der Waals surface area contributed by atoms with E-state index in [0.29, 0.717) is 0 Å². The predicted molar refractivity (Wildman–Crippen MR) is 42.9 cm³/mol. The first kappa shape index (κ1) is 6.66. The van der Waals surface area contributed by atoms with E-state index in [4.69, 9.17) is 0 Å². The maximum Gasteiger partial charge on any atom is -0.00205 e. The lowest BCUT2D eigenvalue weighted by Crippen LogP contribution is -2.39. The number of fused-ring (bicyclic) bond motifs is 4. The van der Waals surface area contributed by atoms with Crippen LogP contribution in [-0.4, -0.2) is 13.1 Å². The van der Waals surface area contributed by atoms with Gasteiger partial charge in [-0.15, -0.1) is 0 Å². The van der Waals surface area contributed by atoms with Crippen LogP contribution in [0.3, 0.4) is 0 Å². The molecule has 1 aliphatic carbocycles. The highest BCUT2D eigenvalue weighted by molar-refractivity contribution is 4.86. The average Bonchev–Trinajstić information content (AvgIpc) is 1.75. The van der Waals surface area contributed by atoms with Gasteiger partial charge in [-0.2, -0.15) is 0 Å². The fourth-order valence-corrected chi connectivity index (χ4v) is 2.29. The first-order valence-corrected chi connectivity index (χ1v) is 4.57. The van der Waals surface area contributed by atoms with Gasteiger partial charge in [0, 0.05) is 0 Å². The quantitative estimate of drug-likeness (QED) is 0.538. The molecule has 2 heterocycles. The van der Waals surface area contributed by atoms with E-state index in [1.807, 2.05) is 0 Å². The third-order valence-corrected chi connectivity index (χ3v) is 3.27. The number of nitrogens with one attached hydrogen (secondary N) is 1. The fraction of sp³-hybridized carbons (Fsp3) is 1.00. The summed E-state index contributed by atoms with van der Waals surface area (Å²) in [6.45, 7) is 4.92. The van der Waals surface area contributed by atoms with Crippen molar-refractivity contribution in [2.24, 2.45) is 17.8 Å². The summed E-state index contributed by atoms with van der Waals surface area (Å²) in [7, 11) is 0. The molecule has 0 spiro atoms. The van der Waals surface area contributed by atoms with Gasteiger partial charge in [0.05, 0.1) is 0 Å². The molecule has 0 radical (unpaired) electrons. The van der Waals surface area contributed by atoms with E-state index in [2.05, 4.69) is 12.2 Å². The van der Waals surface area contributed by atoms with Crippen LogP contribution in [0.4, 0.5) is 0 Å². The van der Waals surface area contributed by atoms with Crippen molar-refractivity contribution in [1.29, 1.82) is 0 Å². The smallest absolute Gasteiger partial charge is 0.00205 e. The van der Waals surface area contributed by atoms with Crippen molar-refractivity contribution in [3.63, 3.8) is 0 Å². The molecule has 2 saturated heterocycles. The fourth-order valence-electron chi connectivity index (χ4n) is 2.29. The maximum atomic E-state index is 3.50. The number of hydrogen-bond donors (Lipinski definition) is 1. The zero-order chi connectivity index (χ0) is 6.97. The van der Waals surface area contributed by atoms with Gasteiger partial charge in [0.2, 0.25) is 0 Å². The van der Waals surface area contributed by atoms with Crippen LogP contribution in [-0.2, 0) is 0 Å². The van der Waals surface area contributed by atoms with Gasteiger partial charge < -0.3 is 5.32 Å². The van der Waals surface area contributed by atoms with E-state index < -0.39 is 0 Å². The molecule has 2 aliphatic heterocycles. The lowest BCUT2D eigenvalue weighted by molar-refractivity contribution is 0.106. The highest BCUT2D eigenvalue weighted by Crippen LogP contribution is 2.41. The summed E-state index contributed by atoms with van der Waals surface area (Å²) in [6, 6.07) is 0. The van der Waals surface area contributed by atoms with Crippen LogP contribution < -0.4 is 5.32 Å². The largest absolute Gasteiger partial charge is 0.316 e. The Morgan fingerprint density at radius 2 is 2.10 bits per heavy atom. The Bertz CT molecular complexity index is 113. The lowest BCUT2D eigenvalue weighted by Gasteiger charge is -2.41. The minimum Gasteiger partial charge on any atom is -0.316 e. The molecule has 3 aliphatic rings. The van der Waals surface area contributed by atoms with Gasteiger partial charge in [0.1, 0.15) is 0 Å². The van der Waals surface area contributed by atoms with Gasteiger partial charge in [0.15, 0.2) is 0 Å². The van der Waals surface area contributed by atoms with Crippen LogP contribution >= 0.6 is 0 Å². The summed E-state index contributed by atoms with van der Waals surface area (Å²) in [5.74, 6) is 3.09. The Hall–Kier alpha value is -0.0400. The predicted octanol–water partition coefficient (Wildman–Crippen LogP) is 1.64. The van der Waals surface area contributed by atoms with Crippen LogP contribution in [0.5, 0.6) is 0 Å². The molecule has 1 saturated carbocycles. The van der Waals surface area contributed by atoms with Crippen molar-refractivity contribution in [1.82, 2.24) is 5.32 Å². The Labute approximate surface area is 63.2 Å². The number of rotatable bonds is 0. The van der Waals surface area contributed by atoms with E-state index in [0.717, 1.165) is 17.8 Å². The molecular weight excluding hydrogens is 122 g/mol. The van der Waals surface area contributed by atoms with Gasteiger partial charge in [-0.25, -0.2) is 0 Å². The maximum absolute atomic E-state index is 3.50. The molecule has 3 fully saturated rings. The topological polar surface area (TPSA) is 12.0 Å². The van der Waals surface area contributed by atoms with E-state index >= 15 is 0 Å². The molecule has 1 heteroatoms. The molecule has 1 atom stereocenters. The summed E-state index contributed by atoms with van der Waals surface area (Å²) >= 11 is 0. The Morgan fingerprint density at radius 1 is 1.30 bits per heavy atom. The normalized spacial score (nSPS) is 47.1. The zero-order valence-electron chi connectivity index (χ0n) is 6.77. The van der Waals surface area contributed by atoms with Crippen LogP contribution in [0.1, 0.15) is 26.2 Å². The minimum atomic E-state index is 0.941. The molecule has 0 aromatic carbocycles. The van der Waals surface area contributed by atoms with Gasteiger partial charge in [-0.05, 0) is 50.1 Å². The van der Waals surface area contributed by atoms with Crippen LogP contribution in [0.15, 0.2) is 0 Å². The second-order valence-corrected chi connectivity index (χ2v) is 4.07. The SMILES string of the molecule is C[C@H]1CNCCC2CC1C2. The van der Waals surface area contributed by atoms with Crippen LogP contribution in [0, 0.1) is 17.8 Å². The Morgan fingerprint density at radius 3 is 2.90 bits per heavy atom. The summed E-state index contributed by atoms with van der Waals surface area (Å²) in [5, 5.41) is 3.50. The highest BCUT2D eigenvalue weighted by Gasteiger charge is 2.33. The lowest BCUT2D eigenvalue weighted by atomic mass is 9.67. The van der Waals surface area contributed by atoms with Crippen molar-refractivity contribution in [3.05, 3.63) is 0 Å². The molecule has 58 valence electrons. The molecular formula is C9H17N. The Balaban J connectivity index is 1.91. The average molecular weight is 139 g/mol. The second kappa shape index (κ2) is 2.54. The van der Waals surface area contributed by atoms with Gasteiger partial charge in [-0.1, -0.05) is 6.92 Å². The summed E-state index contributed by atoms with van der Waals surface area (Å²) < 4.78 is 0. The molecule has 0 aromatic rings. The number of hydrogen-bond acceptors (Lipinski definition) is 1. The summed E-state index contributed by atoms with van der Waals surface area (Å²) in [4.78, 5) is 0. The van der Waals surface area contributed by atoms with Crippen molar-refractivity contribution >= 4 is 0 Å². The monoisotopic (exact) mass is 139 g/mol. The summed E-state index contributed by atoms with van der Waals surface area (Å²) in [6.07, 6.45) is 4.49. The van der Waals surface area contributed by atoms with Crippen molar-refractivity contribution in [3.8, 4) is 0 Å².